The summed E-state index contributed by atoms with van der Waals surface area (Å²) in [6.07, 6.45) is 3.65. The van der Waals surface area contributed by atoms with E-state index in [9.17, 15) is 9.59 Å². The quantitative estimate of drug-likeness (QED) is 0.255. The predicted molar refractivity (Wildman–Crippen MR) is 75.8 cm³/mol. The molecule has 0 saturated carbocycles. The van der Waals surface area contributed by atoms with E-state index < -0.39 is 5.92 Å². The Labute approximate surface area is 120 Å². The second kappa shape index (κ2) is 11.2. The second-order valence-corrected chi connectivity index (χ2v) is 5.33. The Kier molecular flexibility index (Phi) is 11.3. The SMILES string of the molecule is CCOC(=O)C(CCCBr)C(=O)CCCCBr. The van der Waals surface area contributed by atoms with E-state index in [-0.39, 0.29) is 11.8 Å². The number of unbranched alkanes of at least 4 members (excludes halogenated alkanes) is 1. The van der Waals surface area contributed by atoms with Crippen LogP contribution in [0.1, 0.15) is 39.0 Å². The maximum Gasteiger partial charge on any atom is 0.316 e. The maximum absolute atomic E-state index is 11.9. The van der Waals surface area contributed by atoms with Gasteiger partial charge in [0.15, 0.2) is 0 Å². The summed E-state index contributed by atoms with van der Waals surface area (Å²) in [4.78, 5) is 23.6. The Balaban J connectivity index is 4.23. The van der Waals surface area contributed by atoms with Crippen molar-refractivity contribution in [3.8, 4) is 0 Å². The molecule has 0 rings (SSSR count). The summed E-state index contributed by atoms with van der Waals surface area (Å²) in [5.74, 6) is -0.912. The molecule has 3 nitrogen and oxygen atoms in total. The van der Waals surface area contributed by atoms with Crippen LogP contribution in [-0.4, -0.2) is 29.0 Å². The minimum Gasteiger partial charge on any atom is -0.465 e. The van der Waals surface area contributed by atoms with Crippen LogP contribution in [0, 0.1) is 5.92 Å². The van der Waals surface area contributed by atoms with Gasteiger partial charge in [-0.25, -0.2) is 0 Å². The number of halogens is 2. The Hall–Kier alpha value is 0.1000. The zero-order chi connectivity index (χ0) is 13.1. The molecular weight excluding hydrogens is 352 g/mol. The molecule has 0 saturated heterocycles. The average Bonchev–Trinajstić information content (AvgIpc) is 2.30. The zero-order valence-electron chi connectivity index (χ0n) is 10.2. The van der Waals surface area contributed by atoms with Gasteiger partial charge in [0.2, 0.25) is 0 Å². The van der Waals surface area contributed by atoms with Crippen molar-refractivity contribution in [2.45, 2.75) is 39.0 Å². The number of ketones is 1. The second-order valence-electron chi connectivity index (χ2n) is 3.75. The van der Waals surface area contributed by atoms with Crippen LogP contribution < -0.4 is 0 Å². The molecule has 0 radical (unpaired) electrons. The van der Waals surface area contributed by atoms with E-state index in [4.69, 9.17) is 4.74 Å². The Morgan fingerprint density at radius 2 is 1.76 bits per heavy atom. The predicted octanol–water partition coefficient (Wildman–Crippen LogP) is 3.48. The van der Waals surface area contributed by atoms with Crippen LogP contribution in [0.15, 0.2) is 0 Å². The van der Waals surface area contributed by atoms with Gasteiger partial charge < -0.3 is 4.74 Å². The highest BCUT2D eigenvalue weighted by Gasteiger charge is 2.26. The standard InChI is InChI=1S/C12H20Br2O3/c1-2-17-12(16)10(6-5-9-14)11(15)7-3-4-8-13/h10H,2-9H2,1H3. The summed E-state index contributed by atoms with van der Waals surface area (Å²) in [5, 5.41) is 1.70. The summed E-state index contributed by atoms with van der Waals surface area (Å²) in [7, 11) is 0. The molecule has 0 aromatic heterocycles. The van der Waals surface area contributed by atoms with E-state index in [1.165, 1.54) is 0 Å². The van der Waals surface area contributed by atoms with Gasteiger partial charge in [0.25, 0.3) is 0 Å². The molecule has 0 aromatic rings. The van der Waals surface area contributed by atoms with Crippen molar-refractivity contribution in [1.29, 1.82) is 0 Å². The number of alkyl halides is 2. The van der Waals surface area contributed by atoms with Crippen molar-refractivity contribution in [2.24, 2.45) is 5.92 Å². The summed E-state index contributed by atoms with van der Waals surface area (Å²) in [6, 6.07) is 0. The van der Waals surface area contributed by atoms with Gasteiger partial charge in [-0.1, -0.05) is 31.9 Å². The van der Waals surface area contributed by atoms with E-state index in [1.54, 1.807) is 6.92 Å². The van der Waals surface area contributed by atoms with Crippen LogP contribution in [0.4, 0.5) is 0 Å². The van der Waals surface area contributed by atoms with Gasteiger partial charge in [-0.3, -0.25) is 9.59 Å². The molecule has 0 aliphatic carbocycles. The topological polar surface area (TPSA) is 43.4 Å². The molecule has 0 amide bonds. The molecule has 0 aliphatic rings. The molecule has 0 aromatic carbocycles. The number of Topliss-reactive ketones (excluding diaryl/α,β-unsaturated/α-hetero) is 1. The highest BCUT2D eigenvalue weighted by Crippen LogP contribution is 2.15. The fourth-order valence-corrected chi connectivity index (χ4v) is 2.22. The van der Waals surface area contributed by atoms with Crippen molar-refractivity contribution in [1.82, 2.24) is 0 Å². The number of carbonyl (C=O) groups is 2. The van der Waals surface area contributed by atoms with Gasteiger partial charge in [-0.2, -0.15) is 0 Å². The van der Waals surface area contributed by atoms with E-state index >= 15 is 0 Å². The number of carbonyl (C=O) groups excluding carboxylic acids is 2. The lowest BCUT2D eigenvalue weighted by molar-refractivity contribution is -0.151. The molecule has 0 heterocycles. The van der Waals surface area contributed by atoms with Crippen LogP contribution in [0.5, 0.6) is 0 Å². The van der Waals surface area contributed by atoms with Gasteiger partial charge in [-0.05, 0) is 32.6 Å². The maximum atomic E-state index is 11.9. The Morgan fingerprint density at radius 1 is 1.12 bits per heavy atom. The third-order valence-corrected chi connectivity index (χ3v) is 3.51. The summed E-state index contributed by atoms with van der Waals surface area (Å²) < 4.78 is 4.94. The molecule has 0 fully saturated rings. The Bertz CT molecular complexity index is 232. The van der Waals surface area contributed by atoms with Crippen LogP contribution >= 0.6 is 31.9 Å². The molecule has 1 atom stereocenters. The van der Waals surface area contributed by atoms with Crippen molar-refractivity contribution >= 4 is 43.6 Å². The monoisotopic (exact) mass is 370 g/mol. The zero-order valence-corrected chi connectivity index (χ0v) is 13.4. The molecule has 5 heteroatoms. The lowest BCUT2D eigenvalue weighted by Gasteiger charge is -2.13. The third kappa shape index (κ3) is 7.92. The van der Waals surface area contributed by atoms with Crippen LogP contribution in [0.3, 0.4) is 0 Å². The number of rotatable bonds is 10. The fourth-order valence-electron chi connectivity index (χ4n) is 1.50. The van der Waals surface area contributed by atoms with Crippen LogP contribution in [0.2, 0.25) is 0 Å². The van der Waals surface area contributed by atoms with Gasteiger partial charge in [0.05, 0.1) is 6.61 Å². The average molecular weight is 372 g/mol. The first-order valence-electron chi connectivity index (χ1n) is 5.98. The number of esters is 1. The van der Waals surface area contributed by atoms with Crippen molar-refractivity contribution in [3.63, 3.8) is 0 Å². The first-order valence-corrected chi connectivity index (χ1v) is 8.22. The molecule has 0 spiro atoms. The number of hydrogen-bond donors (Lipinski definition) is 0. The molecule has 0 N–H and O–H groups in total. The van der Waals surface area contributed by atoms with Gasteiger partial charge in [-0.15, -0.1) is 0 Å². The normalized spacial score (nSPS) is 12.2. The number of ether oxygens (including phenoxy) is 1. The minimum absolute atomic E-state index is 0.0188. The van der Waals surface area contributed by atoms with E-state index in [0.717, 1.165) is 29.9 Å². The summed E-state index contributed by atoms with van der Waals surface area (Å²) in [5.41, 5.74) is 0. The molecule has 17 heavy (non-hydrogen) atoms. The molecular formula is C12H20Br2O3. The summed E-state index contributed by atoms with van der Waals surface area (Å²) in [6.45, 7) is 2.09. The van der Waals surface area contributed by atoms with Crippen LogP contribution in [-0.2, 0) is 14.3 Å². The molecule has 0 bridgehead atoms. The van der Waals surface area contributed by atoms with E-state index in [0.29, 0.717) is 19.4 Å². The van der Waals surface area contributed by atoms with Crippen molar-refractivity contribution < 1.29 is 14.3 Å². The third-order valence-electron chi connectivity index (χ3n) is 2.39. The molecule has 0 aliphatic heterocycles. The van der Waals surface area contributed by atoms with E-state index in [1.807, 2.05) is 0 Å². The molecule has 100 valence electrons. The van der Waals surface area contributed by atoms with Crippen molar-refractivity contribution in [2.75, 3.05) is 17.3 Å². The summed E-state index contributed by atoms with van der Waals surface area (Å²) >= 11 is 6.63. The highest BCUT2D eigenvalue weighted by molar-refractivity contribution is 9.09. The Morgan fingerprint density at radius 3 is 2.29 bits per heavy atom. The largest absolute Gasteiger partial charge is 0.465 e. The van der Waals surface area contributed by atoms with Gasteiger partial charge in [0.1, 0.15) is 11.7 Å². The highest BCUT2D eigenvalue weighted by atomic mass is 79.9. The fraction of sp³-hybridized carbons (Fsp3) is 0.833. The molecule has 1 unspecified atom stereocenters. The van der Waals surface area contributed by atoms with Gasteiger partial charge >= 0.3 is 5.97 Å². The smallest absolute Gasteiger partial charge is 0.316 e. The van der Waals surface area contributed by atoms with E-state index in [2.05, 4.69) is 31.9 Å². The number of hydrogen-bond acceptors (Lipinski definition) is 3. The first kappa shape index (κ1) is 17.1. The lowest BCUT2D eigenvalue weighted by Crippen LogP contribution is -2.26. The van der Waals surface area contributed by atoms with Gasteiger partial charge in [0, 0.05) is 17.1 Å². The van der Waals surface area contributed by atoms with Crippen LogP contribution in [0.25, 0.3) is 0 Å². The first-order chi connectivity index (χ1) is 8.17. The minimum atomic E-state index is -0.567. The lowest BCUT2D eigenvalue weighted by atomic mass is 9.95. The van der Waals surface area contributed by atoms with Crippen molar-refractivity contribution in [3.05, 3.63) is 0 Å².